The largest absolute Gasteiger partial charge is 0.497 e. The van der Waals surface area contributed by atoms with Crippen molar-refractivity contribution < 1.29 is 18.6 Å². The molecule has 4 aromatic rings. The summed E-state index contributed by atoms with van der Waals surface area (Å²) in [5.74, 6) is 0.707. The lowest BCUT2D eigenvalue weighted by Crippen LogP contribution is -2.34. The molecule has 0 spiro atoms. The van der Waals surface area contributed by atoms with E-state index in [1.807, 2.05) is 60.7 Å². The molecule has 0 saturated heterocycles. The lowest BCUT2D eigenvalue weighted by atomic mass is 10.0. The summed E-state index contributed by atoms with van der Waals surface area (Å²) in [6, 6.07) is 20.9. The van der Waals surface area contributed by atoms with Crippen molar-refractivity contribution in [2.24, 2.45) is 5.10 Å². The molecule has 2 heterocycles. The van der Waals surface area contributed by atoms with Crippen LogP contribution in [0.5, 0.6) is 5.75 Å². The minimum Gasteiger partial charge on any atom is -0.497 e. The van der Waals surface area contributed by atoms with Gasteiger partial charge in [-0.25, -0.2) is 9.80 Å². The van der Waals surface area contributed by atoms with Crippen LogP contribution >= 0.6 is 0 Å². The van der Waals surface area contributed by atoms with E-state index in [-0.39, 0.29) is 13.3 Å². The van der Waals surface area contributed by atoms with Crippen molar-refractivity contribution in [2.45, 2.75) is 26.0 Å². The summed E-state index contributed by atoms with van der Waals surface area (Å²) in [6.45, 7) is 1.49. The van der Waals surface area contributed by atoms with E-state index in [1.54, 1.807) is 18.2 Å². The van der Waals surface area contributed by atoms with E-state index in [2.05, 4.69) is 5.10 Å². The second-order valence-corrected chi connectivity index (χ2v) is 8.60. The molecule has 1 aliphatic heterocycles. The Labute approximate surface area is 213 Å². The summed E-state index contributed by atoms with van der Waals surface area (Å²) >= 11 is 0. The predicted octanol–water partition coefficient (Wildman–Crippen LogP) is 3.90. The maximum absolute atomic E-state index is 13.1. The Morgan fingerprint density at radius 1 is 0.973 bits per heavy atom. The third-order valence-corrected chi connectivity index (χ3v) is 6.18. The fraction of sp³-hybridized carbons (Fsp3) is 0.250. The number of anilines is 1. The second kappa shape index (κ2) is 11.1. The van der Waals surface area contributed by atoms with Gasteiger partial charge in [0.25, 0.3) is 0 Å². The van der Waals surface area contributed by atoms with Gasteiger partial charge >= 0.3 is 11.2 Å². The summed E-state index contributed by atoms with van der Waals surface area (Å²) < 4.78 is 23.3. The van der Waals surface area contributed by atoms with E-state index < -0.39 is 11.2 Å². The molecule has 0 fully saturated rings. The van der Waals surface area contributed by atoms with Gasteiger partial charge in [-0.1, -0.05) is 42.5 Å². The van der Waals surface area contributed by atoms with Crippen molar-refractivity contribution in [3.63, 3.8) is 0 Å². The number of ether oxygens (including phenoxy) is 3. The molecule has 1 aromatic heterocycles. The van der Waals surface area contributed by atoms with Gasteiger partial charge in [-0.2, -0.15) is 0 Å². The number of nitrogens with zero attached hydrogens (tertiary/aromatic N) is 3. The van der Waals surface area contributed by atoms with Gasteiger partial charge in [0, 0.05) is 12.2 Å². The van der Waals surface area contributed by atoms with Gasteiger partial charge in [0.05, 0.1) is 31.5 Å². The highest BCUT2D eigenvalue weighted by molar-refractivity contribution is 5.83. The summed E-state index contributed by atoms with van der Waals surface area (Å²) in [4.78, 5) is 25.5. The summed E-state index contributed by atoms with van der Waals surface area (Å²) in [5, 5.41) is 6.01. The number of aromatic nitrogens is 1. The zero-order valence-corrected chi connectivity index (χ0v) is 20.5. The molecular weight excluding hydrogens is 474 g/mol. The lowest BCUT2D eigenvalue weighted by molar-refractivity contribution is 0.119. The zero-order chi connectivity index (χ0) is 25.6. The van der Waals surface area contributed by atoms with Crippen molar-refractivity contribution >= 4 is 23.2 Å². The number of hydrogen-bond acceptors (Lipinski definition) is 8. The van der Waals surface area contributed by atoms with Crippen molar-refractivity contribution in [1.29, 1.82) is 0 Å². The normalized spacial score (nSPS) is 12.7. The van der Waals surface area contributed by atoms with E-state index >= 15 is 0 Å². The molecule has 0 unspecified atom stereocenters. The molecule has 1 aliphatic rings. The van der Waals surface area contributed by atoms with E-state index in [4.69, 9.17) is 18.6 Å². The van der Waals surface area contributed by atoms with Crippen LogP contribution in [0.1, 0.15) is 23.1 Å². The van der Waals surface area contributed by atoms with Crippen molar-refractivity contribution in [1.82, 2.24) is 4.57 Å². The van der Waals surface area contributed by atoms with Gasteiger partial charge < -0.3 is 18.6 Å². The van der Waals surface area contributed by atoms with E-state index in [1.165, 1.54) is 11.0 Å². The molecular formula is C28H27N3O6. The maximum Gasteiger partial charge on any atom is 0.402 e. The van der Waals surface area contributed by atoms with Crippen LogP contribution in [0.25, 0.3) is 11.1 Å². The maximum atomic E-state index is 13.1. The monoisotopic (exact) mass is 501 g/mol. The second-order valence-electron chi connectivity index (χ2n) is 8.60. The van der Waals surface area contributed by atoms with Crippen LogP contribution in [0.15, 0.2) is 85.8 Å². The third-order valence-electron chi connectivity index (χ3n) is 6.18. The van der Waals surface area contributed by atoms with Gasteiger partial charge in [-0.15, -0.1) is 5.10 Å². The van der Waals surface area contributed by atoms with E-state index in [0.717, 1.165) is 22.4 Å². The first-order valence-corrected chi connectivity index (χ1v) is 12.0. The van der Waals surface area contributed by atoms with E-state index in [0.29, 0.717) is 42.9 Å². The van der Waals surface area contributed by atoms with Crippen LogP contribution in [0.2, 0.25) is 0 Å². The number of benzene rings is 3. The van der Waals surface area contributed by atoms with E-state index in [9.17, 15) is 9.59 Å². The van der Waals surface area contributed by atoms with Crippen molar-refractivity contribution in [3.05, 3.63) is 104 Å². The average molecular weight is 502 g/mol. The first kappa shape index (κ1) is 24.3. The Hall–Kier alpha value is -4.37. The molecule has 37 heavy (non-hydrogen) atoms. The summed E-state index contributed by atoms with van der Waals surface area (Å²) in [7, 11) is 1.59. The zero-order valence-electron chi connectivity index (χ0n) is 20.5. The molecule has 0 aliphatic carbocycles. The number of aryl methyl sites for hydroxylation is 1. The molecule has 0 bridgehead atoms. The first-order chi connectivity index (χ1) is 18.1. The van der Waals surface area contributed by atoms with Crippen LogP contribution in [0, 0.1) is 0 Å². The highest BCUT2D eigenvalue weighted by atomic mass is 16.5. The third kappa shape index (κ3) is 5.41. The fourth-order valence-corrected chi connectivity index (χ4v) is 4.36. The Kier molecular flexibility index (Phi) is 7.32. The Bertz CT molecular complexity index is 1510. The molecule has 9 nitrogen and oxygen atoms in total. The Balaban J connectivity index is 1.50. The Morgan fingerprint density at radius 2 is 1.78 bits per heavy atom. The summed E-state index contributed by atoms with van der Waals surface area (Å²) in [6.07, 6.45) is 2.64. The fourth-order valence-electron chi connectivity index (χ4n) is 4.36. The quantitative estimate of drug-likeness (QED) is 0.240. The predicted molar refractivity (Wildman–Crippen MR) is 140 cm³/mol. The number of hydrogen-bond donors (Lipinski definition) is 0. The lowest BCUT2D eigenvalue weighted by Gasteiger charge is -2.20. The van der Waals surface area contributed by atoms with Gasteiger partial charge in [0.1, 0.15) is 5.75 Å². The molecule has 0 N–H and O–H groups in total. The Morgan fingerprint density at radius 3 is 2.51 bits per heavy atom. The minimum absolute atomic E-state index is 0.200. The van der Waals surface area contributed by atoms with Crippen LogP contribution in [-0.2, 0) is 29.0 Å². The molecule has 0 saturated carbocycles. The topological polar surface area (TPSA) is 95.5 Å². The molecule has 0 amide bonds. The standard InChI is InChI=1S/C28H27N3O6/c1-34-22-11-9-20(10-12-22)16-30-26-23(8-5-15-35-17-21-6-3-2-4-7-21)24(31-19-36-18-29-31)13-14-25(26)37-28(33)27(30)32/h2-4,6-7,9-14,18H,5,8,15-17,19H2,1H3. The van der Waals surface area contributed by atoms with Crippen LogP contribution in [0.4, 0.5) is 5.69 Å². The first-order valence-electron chi connectivity index (χ1n) is 12.0. The number of rotatable bonds is 10. The number of methoxy groups -OCH3 is 1. The van der Waals surface area contributed by atoms with Crippen LogP contribution in [0.3, 0.4) is 0 Å². The van der Waals surface area contributed by atoms with Crippen molar-refractivity contribution in [3.8, 4) is 5.75 Å². The van der Waals surface area contributed by atoms with Crippen molar-refractivity contribution in [2.75, 3.05) is 25.5 Å². The smallest absolute Gasteiger partial charge is 0.402 e. The van der Waals surface area contributed by atoms with Gasteiger partial charge in [0.2, 0.25) is 0 Å². The number of hydrazone groups is 1. The molecule has 190 valence electrons. The van der Waals surface area contributed by atoms with Gasteiger partial charge in [-0.05, 0) is 48.2 Å². The van der Waals surface area contributed by atoms with Gasteiger partial charge in [0.15, 0.2) is 18.7 Å². The molecule has 9 heteroatoms. The average Bonchev–Trinajstić information content (AvgIpc) is 3.47. The van der Waals surface area contributed by atoms with Gasteiger partial charge in [-0.3, -0.25) is 9.36 Å². The van der Waals surface area contributed by atoms with Crippen LogP contribution in [-0.4, -0.2) is 31.4 Å². The minimum atomic E-state index is -0.909. The highest BCUT2D eigenvalue weighted by Gasteiger charge is 2.21. The molecule has 5 rings (SSSR count). The highest BCUT2D eigenvalue weighted by Crippen LogP contribution is 2.31. The summed E-state index contributed by atoms with van der Waals surface area (Å²) in [5.41, 5.74) is 2.83. The SMILES string of the molecule is COc1ccc(Cn2c(=O)c(=O)oc3ccc(N4COC=N4)c(CCCOCc4ccccc4)c32)cc1. The molecule has 3 aromatic carbocycles. The number of fused-ring (bicyclic) bond motifs is 1. The van der Waals surface area contributed by atoms with Crippen LogP contribution < -0.4 is 20.9 Å². The molecule has 0 radical (unpaired) electrons. The molecule has 0 atom stereocenters.